The van der Waals surface area contributed by atoms with E-state index in [-0.39, 0.29) is 23.2 Å². The molecule has 0 radical (unpaired) electrons. The Morgan fingerprint density at radius 3 is 2.38 bits per heavy atom. The van der Waals surface area contributed by atoms with Crippen LogP contribution < -0.4 is 5.73 Å². The highest BCUT2D eigenvalue weighted by Gasteiger charge is 2.22. The summed E-state index contributed by atoms with van der Waals surface area (Å²) in [6.45, 7) is 1.84. The second-order valence-corrected chi connectivity index (χ2v) is 9.35. The van der Waals surface area contributed by atoms with Crippen LogP contribution in [0, 0.1) is 0 Å². The molecule has 0 aliphatic rings. The molecule has 0 aromatic heterocycles. The average Bonchev–Trinajstić information content (AvgIpc) is 2.43. The van der Waals surface area contributed by atoms with Gasteiger partial charge in [-0.05, 0) is 24.1 Å². The number of sulfone groups is 1. The van der Waals surface area contributed by atoms with Crippen LogP contribution in [0.2, 0.25) is 0 Å². The summed E-state index contributed by atoms with van der Waals surface area (Å²) in [7, 11) is -5.56. The minimum absolute atomic E-state index is 0.0781. The predicted octanol–water partition coefficient (Wildman–Crippen LogP) is 0.762. The normalized spacial score (nSPS) is 14.3. The van der Waals surface area contributed by atoms with Crippen molar-refractivity contribution in [2.75, 3.05) is 25.6 Å². The van der Waals surface area contributed by atoms with Crippen LogP contribution in [0.25, 0.3) is 0 Å². The maximum atomic E-state index is 12.4. The first-order valence-electron chi connectivity index (χ1n) is 6.57. The zero-order valence-electron chi connectivity index (χ0n) is 12.5. The summed E-state index contributed by atoms with van der Waals surface area (Å²) in [6, 6.07) is 6.23. The Labute approximate surface area is 126 Å². The quantitative estimate of drug-likeness (QED) is 0.794. The molecule has 0 heterocycles. The predicted molar refractivity (Wildman–Crippen MR) is 83.2 cm³/mol. The fourth-order valence-corrected chi connectivity index (χ4v) is 3.68. The summed E-state index contributed by atoms with van der Waals surface area (Å²) in [5.74, 6) is -0.211. The molecule has 21 heavy (non-hydrogen) atoms. The third-order valence-electron chi connectivity index (χ3n) is 3.21. The minimum Gasteiger partial charge on any atom is -0.324 e. The van der Waals surface area contributed by atoms with E-state index in [4.69, 9.17) is 5.73 Å². The molecule has 0 aliphatic heterocycles. The Bertz CT molecular complexity index is 684. The molecule has 0 aliphatic carbocycles. The van der Waals surface area contributed by atoms with Gasteiger partial charge < -0.3 is 5.73 Å². The van der Waals surface area contributed by atoms with Gasteiger partial charge in [0.25, 0.3) is 0 Å². The standard InChI is InChI=1S/C13H22N2O4S2/c1-4-13(14)11-6-5-7-12(10-11)21(18,19)15(2)8-9-20(3,16)17/h5-7,10,13H,4,8-9,14H2,1-3H3. The molecule has 8 heteroatoms. The van der Waals surface area contributed by atoms with E-state index in [2.05, 4.69) is 0 Å². The first-order chi connectivity index (χ1) is 9.58. The van der Waals surface area contributed by atoms with Gasteiger partial charge in [0.1, 0.15) is 9.84 Å². The summed E-state index contributed by atoms with van der Waals surface area (Å²) in [6.07, 6.45) is 1.78. The lowest BCUT2D eigenvalue weighted by molar-refractivity contribution is 0.484. The SMILES string of the molecule is CCC(N)c1cccc(S(=O)(=O)N(C)CCS(C)(=O)=O)c1. The summed E-state index contributed by atoms with van der Waals surface area (Å²) in [5, 5.41) is 0. The van der Waals surface area contributed by atoms with Crippen molar-refractivity contribution in [1.29, 1.82) is 0 Å². The maximum Gasteiger partial charge on any atom is 0.242 e. The van der Waals surface area contributed by atoms with Crippen LogP contribution in [0.5, 0.6) is 0 Å². The lowest BCUT2D eigenvalue weighted by Crippen LogP contribution is -2.31. The van der Waals surface area contributed by atoms with Crippen molar-refractivity contribution in [3.05, 3.63) is 29.8 Å². The third kappa shape index (κ3) is 5.06. The molecule has 0 spiro atoms. The number of sulfonamides is 1. The van der Waals surface area contributed by atoms with Crippen molar-refractivity contribution in [2.24, 2.45) is 5.73 Å². The molecule has 1 unspecified atom stereocenters. The first-order valence-corrected chi connectivity index (χ1v) is 10.1. The summed E-state index contributed by atoms with van der Waals surface area (Å²) < 4.78 is 48.1. The third-order valence-corrected chi connectivity index (χ3v) is 5.99. The summed E-state index contributed by atoms with van der Waals surface area (Å²) in [5.41, 5.74) is 6.66. The van der Waals surface area contributed by atoms with Crippen LogP contribution >= 0.6 is 0 Å². The highest BCUT2D eigenvalue weighted by Crippen LogP contribution is 2.20. The van der Waals surface area contributed by atoms with Gasteiger partial charge in [-0.1, -0.05) is 19.1 Å². The molecular weight excluding hydrogens is 312 g/mol. The average molecular weight is 334 g/mol. The monoisotopic (exact) mass is 334 g/mol. The number of benzene rings is 1. The molecule has 0 saturated heterocycles. The molecular formula is C13H22N2O4S2. The fourth-order valence-electron chi connectivity index (χ4n) is 1.74. The molecule has 0 fully saturated rings. The molecule has 0 saturated carbocycles. The van der Waals surface area contributed by atoms with E-state index >= 15 is 0 Å². The number of rotatable bonds is 7. The van der Waals surface area contributed by atoms with Gasteiger partial charge >= 0.3 is 0 Å². The lowest BCUT2D eigenvalue weighted by atomic mass is 10.1. The molecule has 1 rings (SSSR count). The Morgan fingerprint density at radius 2 is 1.86 bits per heavy atom. The van der Waals surface area contributed by atoms with E-state index in [1.54, 1.807) is 18.2 Å². The highest BCUT2D eigenvalue weighted by molar-refractivity contribution is 7.91. The van der Waals surface area contributed by atoms with Gasteiger partial charge in [-0.3, -0.25) is 0 Å². The first kappa shape index (κ1) is 18.1. The smallest absolute Gasteiger partial charge is 0.242 e. The van der Waals surface area contributed by atoms with E-state index in [1.807, 2.05) is 6.92 Å². The Kier molecular flexibility index (Phi) is 5.92. The van der Waals surface area contributed by atoms with E-state index in [0.717, 1.165) is 16.1 Å². The maximum absolute atomic E-state index is 12.4. The number of nitrogens with two attached hydrogens (primary N) is 1. The summed E-state index contributed by atoms with van der Waals surface area (Å²) in [4.78, 5) is 0.125. The van der Waals surface area contributed by atoms with Crippen molar-refractivity contribution < 1.29 is 16.8 Å². The van der Waals surface area contributed by atoms with Gasteiger partial charge in [-0.2, -0.15) is 4.31 Å². The summed E-state index contributed by atoms with van der Waals surface area (Å²) >= 11 is 0. The van der Waals surface area contributed by atoms with E-state index in [1.165, 1.54) is 13.1 Å². The van der Waals surface area contributed by atoms with E-state index in [0.29, 0.717) is 6.42 Å². The molecule has 2 N–H and O–H groups in total. The van der Waals surface area contributed by atoms with Gasteiger partial charge in [0.2, 0.25) is 10.0 Å². The van der Waals surface area contributed by atoms with Crippen molar-refractivity contribution in [2.45, 2.75) is 24.3 Å². The van der Waals surface area contributed by atoms with Gasteiger partial charge in [0.15, 0.2) is 0 Å². The zero-order chi connectivity index (χ0) is 16.3. The zero-order valence-corrected chi connectivity index (χ0v) is 14.1. The van der Waals surface area contributed by atoms with Crippen LogP contribution in [-0.2, 0) is 19.9 Å². The number of hydrogen-bond donors (Lipinski definition) is 1. The second kappa shape index (κ2) is 6.87. The van der Waals surface area contributed by atoms with Crippen molar-refractivity contribution in [1.82, 2.24) is 4.31 Å². The number of nitrogens with zero attached hydrogens (tertiary/aromatic N) is 1. The van der Waals surface area contributed by atoms with Gasteiger partial charge in [-0.15, -0.1) is 0 Å². The van der Waals surface area contributed by atoms with Gasteiger partial charge in [-0.25, -0.2) is 16.8 Å². The van der Waals surface area contributed by atoms with Crippen molar-refractivity contribution in [3.8, 4) is 0 Å². The van der Waals surface area contributed by atoms with Crippen molar-refractivity contribution in [3.63, 3.8) is 0 Å². The minimum atomic E-state index is -3.71. The Balaban J connectivity index is 3.02. The fraction of sp³-hybridized carbons (Fsp3) is 0.538. The van der Waals surface area contributed by atoms with Gasteiger partial charge in [0.05, 0.1) is 10.6 Å². The molecule has 120 valence electrons. The molecule has 1 aromatic rings. The van der Waals surface area contributed by atoms with Crippen LogP contribution in [0.4, 0.5) is 0 Å². The van der Waals surface area contributed by atoms with Crippen molar-refractivity contribution >= 4 is 19.9 Å². The van der Waals surface area contributed by atoms with Crippen LogP contribution in [0.3, 0.4) is 0 Å². The van der Waals surface area contributed by atoms with Crippen LogP contribution in [0.1, 0.15) is 24.9 Å². The second-order valence-electron chi connectivity index (χ2n) is 5.04. The number of hydrogen-bond acceptors (Lipinski definition) is 5. The molecule has 0 bridgehead atoms. The topological polar surface area (TPSA) is 97.5 Å². The Hall–Kier alpha value is -0.960. The van der Waals surface area contributed by atoms with Crippen LogP contribution in [0.15, 0.2) is 29.2 Å². The molecule has 6 nitrogen and oxygen atoms in total. The molecule has 1 atom stereocenters. The van der Waals surface area contributed by atoms with Crippen LogP contribution in [-0.4, -0.2) is 46.7 Å². The van der Waals surface area contributed by atoms with Gasteiger partial charge in [0, 0.05) is 25.9 Å². The lowest BCUT2D eigenvalue weighted by Gasteiger charge is -2.18. The van der Waals surface area contributed by atoms with E-state index in [9.17, 15) is 16.8 Å². The highest BCUT2D eigenvalue weighted by atomic mass is 32.2. The largest absolute Gasteiger partial charge is 0.324 e. The van der Waals surface area contributed by atoms with E-state index < -0.39 is 19.9 Å². The molecule has 1 aromatic carbocycles. The molecule has 0 amide bonds. The Morgan fingerprint density at radius 1 is 1.24 bits per heavy atom.